The molecule has 0 aliphatic carbocycles. The number of carbonyl (C=O) groups is 1. The predicted octanol–water partition coefficient (Wildman–Crippen LogP) is 1.87. The SMILES string of the molecule is NC(=O)C(O)CCCCCCN(c1ccccn1)c1ncns1. The first-order valence-electron chi connectivity index (χ1n) is 7.61. The smallest absolute Gasteiger partial charge is 0.246 e. The molecule has 124 valence electrons. The molecular formula is C15H21N5O2S. The lowest BCUT2D eigenvalue weighted by molar-refractivity contribution is -0.126. The molecule has 0 radical (unpaired) electrons. The summed E-state index contributed by atoms with van der Waals surface area (Å²) in [6.45, 7) is 0.796. The largest absolute Gasteiger partial charge is 0.383 e. The lowest BCUT2D eigenvalue weighted by Gasteiger charge is -2.20. The van der Waals surface area contributed by atoms with Gasteiger partial charge in [-0.1, -0.05) is 25.3 Å². The highest BCUT2D eigenvalue weighted by Crippen LogP contribution is 2.24. The van der Waals surface area contributed by atoms with E-state index in [0.717, 1.165) is 43.2 Å². The van der Waals surface area contributed by atoms with Crippen molar-refractivity contribution in [2.75, 3.05) is 11.4 Å². The molecule has 0 bridgehead atoms. The van der Waals surface area contributed by atoms with Crippen LogP contribution in [-0.2, 0) is 4.79 Å². The Morgan fingerprint density at radius 1 is 1.26 bits per heavy atom. The fraction of sp³-hybridized carbons (Fsp3) is 0.467. The van der Waals surface area contributed by atoms with Gasteiger partial charge in [0.15, 0.2) is 0 Å². The first-order valence-corrected chi connectivity index (χ1v) is 8.38. The minimum absolute atomic E-state index is 0.426. The van der Waals surface area contributed by atoms with E-state index in [1.807, 2.05) is 18.2 Å². The summed E-state index contributed by atoms with van der Waals surface area (Å²) in [7, 11) is 0. The summed E-state index contributed by atoms with van der Waals surface area (Å²) in [4.78, 5) is 21.4. The van der Waals surface area contributed by atoms with Crippen LogP contribution in [0.25, 0.3) is 0 Å². The standard InChI is InChI=1S/C15H21N5O2S/c16-14(22)12(21)7-3-1-2-6-10-20(15-18-11-19-23-15)13-8-4-5-9-17-13/h4-5,8-9,11-12,21H,1-3,6-7,10H2,(H2,16,22). The van der Waals surface area contributed by atoms with Crippen LogP contribution in [0.3, 0.4) is 0 Å². The van der Waals surface area contributed by atoms with Crippen LogP contribution >= 0.6 is 11.5 Å². The van der Waals surface area contributed by atoms with Gasteiger partial charge in [-0.2, -0.15) is 4.37 Å². The molecule has 0 aliphatic rings. The van der Waals surface area contributed by atoms with Gasteiger partial charge in [-0.05, 0) is 25.0 Å². The van der Waals surface area contributed by atoms with Crippen molar-refractivity contribution in [3.05, 3.63) is 30.7 Å². The number of aliphatic hydroxyl groups excluding tert-OH is 1. The third kappa shape index (κ3) is 5.57. The minimum atomic E-state index is -1.03. The van der Waals surface area contributed by atoms with Crippen molar-refractivity contribution in [2.45, 2.75) is 38.2 Å². The van der Waals surface area contributed by atoms with Gasteiger partial charge in [-0.25, -0.2) is 9.97 Å². The molecule has 2 rings (SSSR count). The van der Waals surface area contributed by atoms with E-state index in [2.05, 4.69) is 19.2 Å². The van der Waals surface area contributed by atoms with E-state index in [1.165, 1.54) is 11.5 Å². The van der Waals surface area contributed by atoms with Gasteiger partial charge >= 0.3 is 0 Å². The second-order valence-electron chi connectivity index (χ2n) is 5.18. The number of hydrogen-bond acceptors (Lipinski definition) is 7. The molecule has 1 amide bonds. The van der Waals surface area contributed by atoms with Crippen LogP contribution < -0.4 is 10.6 Å². The number of primary amides is 1. The third-order valence-electron chi connectivity index (χ3n) is 3.44. The molecule has 0 fully saturated rings. The Hall–Kier alpha value is -2.06. The van der Waals surface area contributed by atoms with E-state index in [4.69, 9.17) is 5.73 Å². The Balaban J connectivity index is 1.78. The number of aliphatic hydroxyl groups is 1. The second-order valence-corrected chi connectivity index (χ2v) is 5.94. The number of amides is 1. The molecule has 1 unspecified atom stereocenters. The minimum Gasteiger partial charge on any atom is -0.383 e. The summed E-state index contributed by atoms with van der Waals surface area (Å²) >= 11 is 1.34. The Bertz CT molecular complexity index is 579. The van der Waals surface area contributed by atoms with Crippen LogP contribution in [0.5, 0.6) is 0 Å². The van der Waals surface area contributed by atoms with Crippen LogP contribution in [0.4, 0.5) is 10.9 Å². The highest BCUT2D eigenvalue weighted by molar-refractivity contribution is 7.09. The Morgan fingerprint density at radius 2 is 2.09 bits per heavy atom. The summed E-state index contributed by atoms with van der Waals surface area (Å²) in [6.07, 6.45) is 6.38. The first-order chi connectivity index (χ1) is 11.2. The number of nitrogens with two attached hydrogens (primary N) is 1. The van der Waals surface area contributed by atoms with Crippen molar-refractivity contribution in [3.8, 4) is 0 Å². The zero-order valence-electron chi connectivity index (χ0n) is 12.8. The molecular weight excluding hydrogens is 314 g/mol. The first kappa shape index (κ1) is 17.3. The quantitative estimate of drug-likeness (QED) is 0.642. The van der Waals surface area contributed by atoms with Crippen molar-refractivity contribution >= 4 is 28.4 Å². The molecule has 1 atom stereocenters. The predicted molar refractivity (Wildman–Crippen MR) is 89.4 cm³/mol. The van der Waals surface area contributed by atoms with Gasteiger partial charge in [0.25, 0.3) is 0 Å². The maximum atomic E-state index is 10.7. The van der Waals surface area contributed by atoms with Crippen molar-refractivity contribution < 1.29 is 9.90 Å². The normalized spacial score (nSPS) is 12.0. The molecule has 0 aliphatic heterocycles. The number of anilines is 2. The Kier molecular flexibility index (Phi) is 6.89. The Morgan fingerprint density at radius 3 is 2.74 bits per heavy atom. The molecule has 2 heterocycles. The average Bonchev–Trinajstić information content (AvgIpc) is 3.08. The fourth-order valence-electron chi connectivity index (χ4n) is 2.21. The van der Waals surface area contributed by atoms with Gasteiger partial charge in [-0.15, -0.1) is 0 Å². The summed E-state index contributed by atoms with van der Waals surface area (Å²) in [5, 5.41) is 10.2. The molecule has 0 spiro atoms. The topological polar surface area (TPSA) is 105 Å². The number of unbranched alkanes of at least 4 members (excludes halogenated alkanes) is 3. The second kappa shape index (κ2) is 9.16. The Labute approximate surface area is 139 Å². The van der Waals surface area contributed by atoms with Crippen LogP contribution in [0.15, 0.2) is 30.7 Å². The molecule has 0 saturated carbocycles. The van der Waals surface area contributed by atoms with Gasteiger partial charge in [0.2, 0.25) is 11.0 Å². The fourth-order valence-corrected chi connectivity index (χ4v) is 2.78. The lowest BCUT2D eigenvalue weighted by Crippen LogP contribution is -2.27. The van der Waals surface area contributed by atoms with E-state index in [-0.39, 0.29) is 0 Å². The third-order valence-corrected chi connectivity index (χ3v) is 4.13. The van der Waals surface area contributed by atoms with Gasteiger partial charge in [-0.3, -0.25) is 4.79 Å². The maximum Gasteiger partial charge on any atom is 0.246 e. The van der Waals surface area contributed by atoms with Gasteiger partial charge in [0.1, 0.15) is 18.2 Å². The van der Waals surface area contributed by atoms with Gasteiger partial charge in [0.05, 0.1) is 0 Å². The molecule has 2 aromatic rings. The molecule has 3 N–H and O–H groups in total. The number of aromatic nitrogens is 3. The zero-order valence-corrected chi connectivity index (χ0v) is 13.7. The molecule has 7 nitrogen and oxygen atoms in total. The summed E-state index contributed by atoms with van der Waals surface area (Å²) < 4.78 is 4.05. The lowest BCUT2D eigenvalue weighted by atomic mass is 10.1. The number of rotatable bonds is 10. The van der Waals surface area contributed by atoms with Crippen molar-refractivity contribution in [3.63, 3.8) is 0 Å². The van der Waals surface area contributed by atoms with Crippen LogP contribution in [0.2, 0.25) is 0 Å². The number of carbonyl (C=O) groups excluding carboxylic acids is 1. The molecule has 23 heavy (non-hydrogen) atoms. The molecule has 0 aromatic carbocycles. The summed E-state index contributed by atoms with van der Waals surface area (Å²) in [5.74, 6) is 0.205. The van der Waals surface area contributed by atoms with E-state index < -0.39 is 12.0 Å². The van der Waals surface area contributed by atoms with Crippen LogP contribution in [0.1, 0.15) is 32.1 Å². The van der Waals surface area contributed by atoms with E-state index in [0.29, 0.717) is 6.42 Å². The van der Waals surface area contributed by atoms with E-state index in [1.54, 1.807) is 12.5 Å². The highest BCUT2D eigenvalue weighted by atomic mass is 32.1. The summed E-state index contributed by atoms with van der Waals surface area (Å²) in [6, 6.07) is 5.78. The molecule has 2 aromatic heterocycles. The average molecular weight is 335 g/mol. The van der Waals surface area contributed by atoms with Gasteiger partial charge < -0.3 is 15.7 Å². The summed E-state index contributed by atoms with van der Waals surface area (Å²) in [5.41, 5.74) is 5.02. The van der Waals surface area contributed by atoms with E-state index in [9.17, 15) is 9.90 Å². The monoisotopic (exact) mass is 335 g/mol. The zero-order chi connectivity index (χ0) is 16.5. The van der Waals surface area contributed by atoms with Gasteiger partial charge in [0, 0.05) is 24.3 Å². The number of nitrogens with zero attached hydrogens (tertiary/aromatic N) is 4. The van der Waals surface area contributed by atoms with Crippen molar-refractivity contribution in [2.24, 2.45) is 5.73 Å². The van der Waals surface area contributed by atoms with Crippen molar-refractivity contribution in [1.82, 2.24) is 14.3 Å². The molecule has 8 heteroatoms. The van der Waals surface area contributed by atoms with Crippen LogP contribution in [0, 0.1) is 0 Å². The number of pyridine rings is 1. The van der Waals surface area contributed by atoms with Crippen LogP contribution in [-0.4, -0.2) is 38.0 Å². The van der Waals surface area contributed by atoms with E-state index >= 15 is 0 Å². The molecule has 0 saturated heterocycles. The maximum absolute atomic E-state index is 10.7. The highest BCUT2D eigenvalue weighted by Gasteiger charge is 2.13. The number of hydrogen-bond donors (Lipinski definition) is 2. The van der Waals surface area contributed by atoms with Crippen molar-refractivity contribution in [1.29, 1.82) is 0 Å².